The van der Waals surface area contributed by atoms with E-state index in [1.54, 1.807) is 18.2 Å². The second-order valence-corrected chi connectivity index (χ2v) is 8.90. The minimum atomic E-state index is -3.73. The molecule has 0 radical (unpaired) electrons. The van der Waals surface area contributed by atoms with Crippen LogP contribution in [0.2, 0.25) is 0 Å². The fourth-order valence-corrected chi connectivity index (χ4v) is 4.76. The molecule has 1 fully saturated rings. The molecule has 0 aliphatic carbocycles. The van der Waals surface area contributed by atoms with Crippen LogP contribution in [0.4, 0.5) is 5.69 Å². The normalized spacial score (nSPS) is 15.3. The van der Waals surface area contributed by atoms with E-state index in [2.05, 4.69) is 5.32 Å². The molecular weight excluding hydrogens is 404 g/mol. The molecule has 1 N–H and O–H groups in total. The highest BCUT2D eigenvalue weighted by Crippen LogP contribution is 2.29. The third-order valence-corrected chi connectivity index (χ3v) is 6.99. The van der Waals surface area contributed by atoms with Gasteiger partial charge in [0.05, 0.1) is 20.3 Å². The Labute approximate surface area is 177 Å². The molecule has 0 aromatic heterocycles. The second-order valence-electron chi connectivity index (χ2n) is 7.00. The number of ether oxygens (including phenoxy) is 2. The maximum Gasteiger partial charge on any atom is 0.248 e. The third kappa shape index (κ3) is 4.89. The number of nitrogens with zero attached hydrogens (tertiary/aromatic N) is 1. The molecule has 1 saturated heterocycles. The van der Waals surface area contributed by atoms with Crippen molar-refractivity contribution in [1.29, 1.82) is 0 Å². The van der Waals surface area contributed by atoms with Gasteiger partial charge in [-0.2, -0.15) is 4.31 Å². The van der Waals surface area contributed by atoms with Crippen LogP contribution in [-0.2, 0) is 19.6 Å². The lowest BCUT2D eigenvalue weighted by Gasteiger charge is -2.26. The van der Waals surface area contributed by atoms with Crippen LogP contribution >= 0.6 is 0 Å². The number of anilines is 1. The van der Waals surface area contributed by atoms with Crippen molar-refractivity contribution in [2.24, 2.45) is 0 Å². The first-order chi connectivity index (χ1) is 14.3. The van der Waals surface area contributed by atoms with Crippen molar-refractivity contribution in [2.75, 3.05) is 38.7 Å². The fourth-order valence-electron chi connectivity index (χ4n) is 3.16. The summed E-state index contributed by atoms with van der Waals surface area (Å²) in [7, 11) is -2.30. The highest BCUT2D eigenvalue weighted by Gasteiger charge is 2.29. The Bertz CT molecular complexity index is 1060. The molecule has 160 valence electrons. The topological polar surface area (TPSA) is 84.9 Å². The first-order valence-electron chi connectivity index (χ1n) is 9.64. The van der Waals surface area contributed by atoms with Gasteiger partial charge in [-0.15, -0.1) is 0 Å². The van der Waals surface area contributed by atoms with Crippen LogP contribution in [0.15, 0.2) is 47.4 Å². The average Bonchev–Trinajstić information content (AvgIpc) is 2.76. The van der Waals surface area contributed by atoms with Crippen LogP contribution < -0.4 is 10.1 Å². The molecule has 3 rings (SSSR count). The monoisotopic (exact) mass is 430 g/mol. The van der Waals surface area contributed by atoms with Crippen molar-refractivity contribution in [3.8, 4) is 5.75 Å². The van der Waals surface area contributed by atoms with Crippen molar-refractivity contribution < 1.29 is 22.7 Å². The number of rotatable bonds is 6. The highest BCUT2D eigenvalue weighted by molar-refractivity contribution is 7.89. The molecule has 2 aromatic rings. The van der Waals surface area contributed by atoms with Crippen LogP contribution in [0, 0.1) is 13.8 Å². The summed E-state index contributed by atoms with van der Waals surface area (Å²) in [5.41, 5.74) is 3.42. The fraction of sp³-hybridized carbons (Fsp3) is 0.318. The zero-order valence-electron chi connectivity index (χ0n) is 17.3. The number of hydrogen-bond acceptors (Lipinski definition) is 5. The number of methoxy groups -OCH3 is 1. The Morgan fingerprint density at radius 3 is 2.60 bits per heavy atom. The largest absolute Gasteiger partial charge is 0.495 e. The van der Waals surface area contributed by atoms with Gasteiger partial charge in [0.25, 0.3) is 0 Å². The predicted octanol–water partition coefficient (Wildman–Crippen LogP) is 2.98. The van der Waals surface area contributed by atoms with Crippen LogP contribution in [0.1, 0.15) is 16.7 Å². The Hall–Kier alpha value is -2.68. The summed E-state index contributed by atoms with van der Waals surface area (Å²) in [5, 5.41) is 2.85. The first-order valence-corrected chi connectivity index (χ1v) is 11.1. The first kappa shape index (κ1) is 22.0. The van der Waals surface area contributed by atoms with Crippen molar-refractivity contribution in [2.45, 2.75) is 18.7 Å². The van der Waals surface area contributed by atoms with E-state index in [4.69, 9.17) is 9.47 Å². The standard InChI is InChI=1S/C22H26N2O5S/c1-16-5-4-6-19(17(16)2)23-22(25)10-8-18-7-9-20(28-3)21(15-18)30(26,27)24-11-13-29-14-12-24/h4-10,15H,11-14H2,1-3H3,(H,23,25). The number of carbonyl (C=O) groups is 1. The molecule has 8 heteroatoms. The summed E-state index contributed by atoms with van der Waals surface area (Å²) in [6.45, 7) is 5.24. The van der Waals surface area contributed by atoms with Gasteiger partial charge in [-0.25, -0.2) is 8.42 Å². The molecule has 2 aromatic carbocycles. The summed E-state index contributed by atoms with van der Waals surface area (Å²) in [5.74, 6) is -0.0319. The van der Waals surface area contributed by atoms with Crippen molar-refractivity contribution in [1.82, 2.24) is 4.31 Å². The van der Waals surface area contributed by atoms with Gasteiger partial charge in [0.15, 0.2) is 0 Å². The van der Waals surface area contributed by atoms with E-state index in [0.29, 0.717) is 31.9 Å². The third-order valence-electron chi connectivity index (χ3n) is 5.07. The molecule has 1 amide bonds. The number of nitrogens with one attached hydrogen (secondary N) is 1. The number of aryl methyl sites for hydroxylation is 1. The van der Waals surface area contributed by atoms with Gasteiger partial charge in [0, 0.05) is 24.9 Å². The summed E-state index contributed by atoms with van der Waals surface area (Å²) in [6.07, 6.45) is 2.97. The van der Waals surface area contributed by atoms with Gasteiger partial charge in [-0.05, 0) is 54.8 Å². The quantitative estimate of drug-likeness (QED) is 0.712. The summed E-state index contributed by atoms with van der Waals surface area (Å²) in [4.78, 5) is 12.4. The minimum Gasteiger partial charge on any atom is -0.495 e. The molecular formula is C22H26N2O5S. The highest BCUT2D eigenvalue weighted by atomic mass is 32.2. The lowest BCUT2D eigenvalue weighted by Crippen LogP contribution is -2.40. The van der Waals surface area contributed by atoms with E-state index in [1.165, 1.54) is 23.6 Å². The van der Waals surface area contributed by atoms with Crippen LogP contribution in [0.25, 0.3) is 6.08 Å². The lowest BCUT2D eigenvalue weighted by molar-refractivity contribution is -0.111. The Morgan fingerprint density at radius 1 is 1.17 bits per heavy atom. The van der Waals surface area contributed by atoms with Crippen LogP contribution in [0.3, 0.4) is 0 Å². The second kappa shape index (κ2) is 9.42. The summed E-state index contributed by atoms with van der Waals surface area (Å²) >= 11 is 0. The molecule has 0 spiro atoms. The van der Waals surface area contributed by atoms with Gasteiger partial charge in [-0.1, -0.05) is 18.2 Å². The molecule has 1 aliphatic heterocycles. The van der Waals surface area contributed by atoms with Gasteiger partial charge in [-0.3, -0.25) is 4.79 Å². The Morgan fingerprint density at radius 2 is 1.90 bits per heavy atom. The molecule has 1 aliphatic rings. The number of sulfonamides is 1. The van der Waals surface area contributed by atoms with E-state index in [0.717, 1.165) is 16.8 Å². The molecule has 0 bridgehead atoms. The smallest absolute Gasteiger partial charge is 0.248 e. The average molecular weight is 431 g/mol. The van der Waals surface area contributed by atoms with Crippen molar-refractivity contribution in [3.63, 3.8) is 0 Å². The number of benzene rings is 2. The molecule has 30 heavy (non-hydrogen) atoms. The van der Waals surface area contributed by atoms with E-state index >= 15 is 0 Å². The van der Waals surface area contributed by atoms with E-state index in [1.807, 2.05) is 32.0 Å². The van der Waals surface area contributed by atoms with E-state index in [9.17, 15) is 13.2 Å². The number of amides is 1. The van der Waals surface area contributed by atoms with Gasteiger partial charge in [0.2, 0.25) is 15.9 Å². The summed E-state index contributed by atoms with van der Waals surface area (Å²) in [6, 6.07) is 10.5. The van der Waals surface area contributed by atoms with Crippen LogP contribution in [-0.4, -0.2) is 52.0 Å². The Kier molecular flexibility index (Phi) is 6.91. The molecule has 0 saturated carbocycles. The van der Waals surface area contributed by atoms with Crippen molar-refractivity contribution >= 4 is 27.7 Å². The number of hydrogen-bond donors (Lipinski definition) is 1. The SMILES string of the molecule is COc1ccc(C=CC(=O)Nc2cccc(C)c2C)cc1S(=O)(=O)N1CCOCC1. The molecule has 1 heterocycles. The van der Waals surface area contributed by atoms with E-state index in [-0.39, 0.29) is 16.6 Å². The number of carbonyl (C=O) groups excluding carboxylic acids is 1. The van der Waals surface area contributed by atoms with Gasteiger partial charge >= 0.3 is 0 Å². The Balaban J connectivity index is 1.82. The molecule has 0 unspecified atom stereocenters. The van der Waals surface area contributed by atoms with Gasteiger partial charge in [0.1, 0.15) is 10.6 Å². The zero-order chi connectivity index (χ0) is 21.7. The maximum absolute atomic E-state index is 13.1. The predicted molar refractivity (Wildman–Crippen MR) is 116 cm³/mol. The van der Waals surface area contributed by atoms with E-state index < -0.39 is 10.0 Å². The summed E-state index contributed by atoms with van der Waals surface area (Å²) < 4.78 is 38.0. The van der Waals surface area contributed by atoms with Crippen LogP contribution in [0.5, 0.6) is 5.75 Å². The lowest BCUT2D eigenvalue weighted by atomic mass is 10.1. The van der Waals surface area contributed by atoms with Gasteiger partial charge < -0.3 is 14.8 Å². The van der Waals surface area contributed by atoms with Crippen molar-refractivity contribution in [3.05, 3.63) is 59.2 Å². The molecule has 0 atom stereocenters. The number of morpholine rings is 1. The maximum atomic E-state index is 13.1. The minimum absolute atomic E-state index is 0.0731. The zero-order valence-corrected chi connectivity index (χ0v) is 18.2. The molecule has 7 nitrogen and oxygen atoms in total.